The van der Waals surface area contributed by atoms with Crippen LogP contribution >= 0.6 is 15.9 Å². The maximum Gasteiger partial charge on any atom is 0.119 e. The fourth-order valence-electron chi connectivity index (χ4n) is 1.64. The minimum absolute atomic E-state index is 0.698. The summed E-state index contributed by atoms with van der Waals surface area (Å²) in [5, 5.41) is 0. The van der Waals surface area contributed by atoms with Crippen molar-refractivity contribution in [2.24, 2.45) is 5.92 Å². The summed E-state index contributed by atoms with van der Waals surface area (Å²) < 4.78 is 6.89. The summed E-state index contributed by atoms with van der Waals surface area (Å²) in [6.45, 7) is 5.33. The Balaban J connectivity index is 2.34. The molecule has 0 fully saturated rings. The van der Waals surface area contributed by atoms with Gasteiger partial charge in [0.25, 0.3) is 0 Å². The molecule has 0 unspecified atom stereocenters. The zero-order valence-corrected chi connectivity index (χ0v) is 11.8. The lowest BCUT2D eigenvalue weighted by Crippen LogP contribution is -2.11. The molecular formula is C14H21BrO. The molecule has 0 aromatic heterocycles. The summed E-state index contributed by atoms with van der Waals surface area (Å²) in [4.78, 5) is 0. The van der Waals surface area contributed by atoms with Crippen LogP contribution < -0.4 is 4.74 Å². The highest BCUT2D eigenvalue weighted by atomic mass is 79.9. The van der Waals surface area contributed by atoms with Crippen molar-refractivity contribution < 1.29 is 4.74 Å². The molecule has 0 saturated heterocycles. The van der Waals surface area contributed by atoms with E-state index in [-0.39, 0.29) is 0 Å². The van der Waals surface area contributed by atoms with Gasteiger partial charge in [-0.2, -0.15) is 0 Å². The molecule has 90 valence electrons. The highest BCUT2D eigenvalue weighted by Gasteiger charge is 2.06. The number of hydrogen-bond donors (Lipinski definition) is 0. The molecule has 0 bridgehead atoms. The van der Waals surface area contributed by atoms with Gasteiger partial charge in [-0.1, -0.05) is 49.0 Å². The molecule has 1 nitrogen and oxygen atoms in total. The lowest BCUT2D eigenvalue weighted by molar-refractivity contribution is 0.233. The smallest absolute Gasteiger partial charge is 0.119 e. The lowest BCUT2D eigenvalue weighted by Gasteiger charge is -2.15. The van der Waals surface area contributed by atoms with E-state index in [9.17, 15) is 0 Å². The predicted molar refractivity (Wildman–Crippen MR) is 72.9 cm³/mol. The Labute approximate surface area is 107 Å². The van der Waals surface area contributed by atoms with Crippen LogP contribution in [0.2, 0.25) is 0 Å². The van der Waals surface area contributed by atoms with Crippen molar-refractivity contribution in [2.75, 3.05) is 6.61 Å². The Morgan fingerprint density at radius 3 is 2.44 bits per heavy atom. The first-order chi connectivity index (χ1) is 7.76. The van der Waals surface area contributed by atoms with E-state index in [4.69, 9.17) is 4.74 Å². The van der Waals surface area contributed by atoms with Crippen molar-refractivity contribution in [1.82, 2.24) is 0 Å². The van der Waals surface area contributed by atoms with E-state index in [1.807, 2.05) is 24.3 Å². The molecule has 0 aliphatic rings. The van der Waals surface area contributed by atoms with Crippen molar-refractivity contribution in [3.63, 3.8) is 0 Å². The van der Waals surface area contributed by atoms with Crippen LogP contribution in [0.15, 0.2) is 28.7 Å². The average Bonchev–Trinajstić information content (AvgIpc) is 2.32. The van der Waals surface area contributed by atoms with Crippen LogP contribution in [0.25, 0.3) is 0 Å². The number of unbranched alkanes of at least 4 members (excludes halogenated alkanes) is 1. The Hall–Kier alpha value is -0.500. The van der Waals surface area contributed by atoms with E-state index in [1.54, 1.807) is 0 Å². The Morgan fingerprint density at radius 1 is 1.19 bits per heavy atom. The molecule has 0 spiro atoms. The van der Waals surface area contributed by atoms with Crippen LogP contribution in [-0.4, -0.2) is 6.61 Å². The summed E-state index contributed by atoms with van der Waals surface area (Å²) in [7, 11) is 0. The van der Waals surface area contributed by atoms with E-state index >= 15 is 0 Å². The van der Waals surface area contributed by atoms with Gasteiger partial charge >= 0.3 is 0 Å². The van der Waals surface area contributed by atoms with E-state index in [0.29, 0.717) is 5.92 Å². The second kappa shape index (κ2) is 7.72. The number of benzene rings is 1. The molecule has 0 N–H and O–H groups in total. The van der Waals surface area contributed by atoms with Crippen molar-refractivity contribution in [3.05, 3.63) is 28.7 Å². The summed E-state index contributed by atoms with van der Waals surface area (Å²) in [5.74, 6) is 1.67. The number of halogens is 1. The molecule has 0 aliphatic carbocycles. The maximum absolute atomic E-state index is 5.79. The molecule has 0 radical (unpaired) electrons. The molecule has 2 heteroatoms. The van der Waals surface area contributed by atoms with Gasteiger partial charge in [-0.25, -0.2) is 0 Å². The molecule has 0 aliphatic heterocycles. The largest absolute Gasteiger partial charge is 0.493 e. The fourth-order valence-corrected chi connectivity index (χ4v) is 1.91. The summed E-state index contributed by atoms with van der Waals surface area (Å²) in [6, 6.07) is 8.05. The molecule has 0 saturated carbocycles. The third-order valence-electron chi connectivity index (χ3n) is 2.84. The van der Waals surface area contributed by atoms with Crippen molar-refractivity contribution >= 4 is 15.9 Å². The van der Waals surface area contributed by atoms with Crippen molar-refractivity contribution in [3.8, 4) is 5.75 Å². The second-order valence-corrected chi connectivity index (χ2v) is 5.10. The van der Waals surface area contributed by atoms with E-state index in [1.165, 1.54) is 25.7 Å². The van der Waals surface area contributed by atoms with E-state index < -0.39 is 0 Å². The van der Waals surface area contributed by atoms with Gasteiger partial charge in [-0.15, -0.1) is 0 Å². The average molecular weight is 285 g/mol. The first-order valence-corrected chi connectivity index (χ1v) is 6.94. The molecule has 16 heavy (non-hydrogen) atoms. The van der Waals surface area contributed by atoms with Crippen LogP contribution in [0.3, 0.4) is 0 Å². The molecule has 0 heterocycles. The van der Waals surface area contributed by atoms with Crippen molar-refractivity contribution in [1.29, 1.82) is 0 Å². The van der Waals surface area contributed by atoms with Crippen LogP contribution in [-0.2, 0) is 0 Å². The van der Waals surface area contributed by atoms with Gasteiger partial charge in [0.15, 0.2) is 0 Å². The predicted octanol–water partition coefficient (Wildman–Crippen LogP) is 5.04. The topological polar surface area (TPSA) is 9.23 Å². The van der Waals surface area contributed by atoms with Crippen LogP contribution in [0.5, 0.6) is 5.75 Å². The summed E-state index contributed by atoms with van der Waals surface area (Å²) in [5.41, 5.74) is 0. The van der Waals surface area contributed by atoms with E-state index in [2.05, 4.69) is 29.8 Å². The molecule has 0 amide bonds. The number of rotatable bonds is 7. The highest BCUT2D eigenvalue weighted by Crippen LogP contribution is 2.19. The zero-order valence-electron chi connectivity index (χ0n) is 10.2. The minimum Gasteiger partial charge on any atom is -0.493 e. The molecule has 1 rings (SSSR count). The van der Waals surface area contributed by atoms with Gasteiger partial charge < -0.3 is 4.74 Å². The van der Waals surface area contributed by atoms with Gasteiger partial charge in [0.1, 0.15) is 5.75 Å². The normalized spacial score (nSPS) is 12.4. The molecule has 1 aromatic carbocycles. The second-order valence-electron chi connectivity index (χ2n) is 4.18. The summed E-state index contributed by atoms with van der Waals surface area (Å²) in [6.07, 6.45) is 5.07. The van der Waals surface area contributed by atoms with Gasteiger partial charge in [-0.05, 0) is 36.6 Å². The Kier molecular flexibility index (Phi) is 6.55. The third-order valence-corrected chi connectivity index (χ3v) is 3.37. The highest BCUT2D eigenvalue weighted by molar-refractivity contribution is 9.10. The zero-order chi connectivity index (χ0) is 11.8. The third kappa shape index (κ3) is 5.02. The van der Waals surface area contributed by atoms with Crippen molar-refractivity contribution in [2.45, 2.75) is 39.5 Å². The minimum atomic E-state index is 0.698. The van der Waals surface area contributed by atoms with Gasteiger partial charge in [-0.3, -0.25) is 0 Å². The fraction of sp³-hybridized carbons (Fsp3) is 0.571. The van der Waals surface area contributed by atoms with E-state index in [0.717, 1.165) is 16.8 Å². The monoisotopic (exact) mass is 284 g/mol. The van der Waals surface area contributed by atoms with Gasteiger partial charge in [0, 0.05) is 4.47 Å². The SMILES string of the molecule is CCCC[C@@H](CC)COc1ccc(Br)cc1. The Morgan fingerprint density at radius 2 is 1.88 bits per heavy atom. The van der Waals surface area contributed by atoms with Gasteiger partial charge in [0.2, 0.25) is 0 Å². The summed E-state index contributed by atoms with van der Waals surface area (Å²) >= 11 is 3.42. The van der Waals surface area contributed by atoms with Crippen LogP contribution in [0, 0.1) is 5.92 Å². The first-order valence-electron chi connectivity index (χ1n) is 6.14. The van der Waals surface area contributed by atoms with Gasteiger partial charge in [0.05, 0.1) is 6.61 Å². The maximum atomic E-state index is 5.79. The molecule has 1 aromatic rings. The first kappa shape index (κ1) is 13.6. The van der Waals surface area contributed by atoms with Crippen LogP contribution in [0.4, 0.5) is 0 Å². The Bertz CT molecular complexity index is 281. The lowest BCUT2D eigenvalue weighted by atomic mass is 10.0. The molecular weight excluding hydrogens is 264 g/mol. The number of hydrogen-bond acceptors (Lipinski definition) is 1. The van der Waals surface area contributed by atoms with Crippen LogP contribution in [0.1, 0.15) is 39.5 Å². The standard InChI is InChI=1S/C14H21BrO/c1-3-5-6-12(4-2)11-16-14-9-7-13(15)8-10-14/h7-10,12H,3-6,11H2,1-2H3/t12-/m1/s1. The molecule has 1 atom stereocenters. The number of ether oxygens (including phenoxy) is 1. The quantitative estimate of drug-likeness (QED) is 0.681.